The highest BCUT2D eigenvalue weighted by molar-refractivity contribution is 7.99. The first-order valence-electron chi connectivity index (χ1n) is 4.92. The highest BCUT2D eigenvalue weighted by Gasteiger charge is 2.13. The first kappa shape index (κ1) is 12.5. The fraction of sp³-hybridized carbons (Fsp3) is 0. The zero-order chi connectivity index (χ0) is 13.1. The number of benzene rings is 2. The Hall–Kier alpha value is -1.93. The van der Waals surface area contributed by atoms with Crippen molar-refractivity contribution in [1.82, 2.24) is 0 Å². The predicted octanol–water partition coefficient (Wildman–Crippen LogP) is 4.13. The Bertz CT molecular complexity index is 611. The smallest absolute Gasteiger partial charge is 0.141 e. The molecule has 0 N–H and O–H groups in total. The van der Waals surface area contributed by atoms with E-state index in [2.05, 4.69) is 0 Å². The number of hydrogen-bond donors (Lipinski definition) is 0. The van der Waals surface area contributed by atoms with Crippen molar-refractivity contribution in [2.24, 2.45) is 0 Å². The van der Waals surface area contributed by atoms with Crippen LogP contribution in [0.2, 0.25) is 0 Å². The fourth-order valence-corrected chi connectivity index (χ4v) is 2.24. The van der Waals surface area contributed by atoms with E-state index < -0.39 is 17.5 Å². The summed E-state index contributed by atoms with van der Waals surface area (Å²) in [5.41, 5.74) is -0.0893. The van der Waals surface area contributed by atoms with Crippen LogP contribution in [0.5, 0.6) is 0 Å². The van der Waals surface area contributed by atoms with Gasteiger partial charge in [-0.3, -0.25) is 0 Å². The van der Waals surface area contributed by atoms with Crippen molar-refractivity contribution in [1.29, 1.82) is 5.26 Å². The van der Waals surface area contributed by atoms with E-state index in [9.17, 15) is 13.2 Å². The summed E-state index contributed by atoms with van der Waals surface area (Å²) in [4.78, 5) is 0.136. The molecular weight excluding hydrogens is 259 g/mol. The molecule has 2 aromatic rings. The van der Waals surface area contributed by atoms with E-state index in [0.29, 0.717) is 4.90 Å². The van der Waals surface area contributed by atoms with Crippen LogP contribution in [-0.2, 0) is 0 Å². The van der Waals surface area contributed by atoms with Crippen molar-refractivity contribution in [3.8, 4) is 6.07 Å². The van der Waals surface area contributed by atoms with Gasteiger partial charge < -0.3 is 0 Å². The fourth-order valence-electron chi connectivity index (χ4n) is 1.37. The predicted molar refractivity (Wildman–Crippen MR) is 61.6 cm³/mol. The molecule has 5 heteroatoms. The van der Waals surface area contributed by atoms with Crippen LogP contribution in [0.4, 0.5) is 13.2 Å². The second kappa shape index (κ2) is 5.15. The topological polar surface area (TPSA) is 23.8 Å². The standard InChI is InChI=1S/C13H6F3NS/c14-9-2-1-3-10(6-9)18-13-11(15)4-8(7-17)5-12(13)16/h1-6H. The Balaban J connectivity index is 2.38. The number of rotatable bonds is 2. The second-order valence-electron chi connectivity index (χ2n) is 3.44. The molecule has 0 aliphatic rings. The third-order valence-corrected chi connectivity index (χ3v) is 3.23. The van der Waals surface area contributed by atoms with Gasteiger partial charge in [-0.25, -0.2) is 13.2 Å². The van der Waals surface area contributed by atoms with Crippen molar-refractivity contribution in [3.05, 3.63) is 59.4 Å². The molecule has 0 radical (unpaired) electrons. The molecule has 2 rings (SSSR count). The number of nitriles is 1. The van der Waals surface area contributed by atoms with Gasteiger partial charge in [-0.05, 0) is 30.3 Å². The minimum Gasteiger partial charge on any atom is -0.207 e. The van der Waals surface area contributed by atoms with E-state index in [1.165, 1.54) is 18.2 Å². The summed E-state index contributed by atoms with van der Waals surface area (Å²) in [7, 11) is 0. The SMILES string of the molecule is N#Cc1cc(F)c(Sc2cccc(F)c2)c(F)c1. The van der Waals surface area contributed by atoms with Crippen molar-refractivity contribution in [2.75, 3.05) is 0 Å². The summed E-state index contributed by atoms with van der Waals surface area (Å²) in [6, 6.07) is 8.99. The first-order chi connectivity index (χ1) is 8.60. The average Bonchev–Trinajstić information content (AvgIpc) is 2.33. The van der Waals surface area contributed by atoms with Gasteiger partial charge in [-0.1, -0.05) is 17.8 Å². The third-order valence-electron chi connectivity index (χ3n) is 2.14. The van der Waals surface area contributed by atoms with Crippen LogP contribution in [0, 0.1) is 28.8 Å². The zero-order valence-electron chi connectivity index (χ0n) is 8.95. The summed E-state index contributed by atoms with van der Waals surface area (Å²) in [5, 5.41) is 8.56. The van der Waals surface area contributed by atoms with E-state index in [1.54, 1.807) is 12.1 Å². The molecule has 0 unspecified atom stereocenters. The Morgan fingerprint density at radius 1 is 1.00 bits per heavy atom. The third kappa shape index (κ3) is 2.66. The molecule has 0 saturated carbocycles. The second-order valence-corrected chi connectivity index (χ2v) is 4.52. The number of nitrogens with zero attached hydrogens (tertiary/aromatic N) is 1. The van der Waals surface area contributed by atoms with Crippen LogP contribution in [0.15, 0.2) is 46.2 Å². The Morgan fingerprint density at radius 2 is 1.67 bits per heavy atom. The van der Waals surface area contributed by atoms with Crippen LogP contribution in [0.1, 0.15) is 5.56 Å². The lowest BCUT2D eigenvalue weighted by Gasteiger charge is -2.05. The molecule has 1 nitrogen and oxygen atoms in total. The minimum absolute atomic E-state index is 0.0893. The highest BCUT2D eigenvalue weighted by Crippen LogP contribution is 2.32. The lowest BCUT2D eigenvalue weighted by molar-refractivity contribution is 0.540. The maximum Gasteiger partial charge on any atom is 0.141 e. The monoisotopic (exact) mass is 265 g/mol. The largest absolute Gasteiger partial charge is 0.207 e. The average molecular weight is 265 g/mol. The van der Waals surface area contributed by atoms with E-state index in [-0.39, 0.29) is 10.5 Å². The van der Waals surface area contributed by atoms with E-state index >= 15 is 0 Å². The van der Waals surface area contributed by atoms with Gasteiger partial charge in [0.2, 0.25) is 0 Å². The summed E-state index contributed by atoms with van der Waals surface area (Å²) >= 11 is 0.775. The molecule has 18 heavy (non-hydrogen) atoms. The van der Waals surface area contributed by atoms with Crippen molar-refractivity contribution >= 4 is 11.8 Å². The molecule has 0 bridgehead atoms. The van der Waals surface area contributed by atoms with Gasteiger partial charge in [0.15, 0.2) is 0 Å². The lowest BCUT2D eigenvalue weighted by atomic mass is 10.2. The van der Waals surface area contributed by atoms with Crippen LogP contribution >= 0.6 is 11.8 Å². The van der Waals surface area contributed by atoms with Gasteiger partial charge >= 0.3 is 0 Å². The van der Waals surface area contributed by atoms with Crippen LogP contribution < -0.4 is 0 Å². The summed E-state index contributed by atoms with van der Waals surface area (Å²) in [5.74, 6) is -2.14. The van der Waals surface area contributed by atoms with Gasteiger partial charge in [0.05, 0.1) is 16.5 Å². The molecule has 0 fully saturated rings. The van der Waals surface area contributed by atoms with Crippen molar-refractivity contribution < 1.29 is 13.2 Å². The van der Waals surface area contributed by atoms with E-state index in [4.69, 9.17) is 5.26 Å². The number of hydrogen-bond acceptors (Lipinski definition) is 2. The van der Waals surface area contributed by atoms with Gasteiger partial charge in [-0.2, -0.15) is 5.26 Å². The molecule has 90 valence electrons. The highest BCUT2D eigenvalue weighted by atomic mass is 32.2. The lowest BCUT2D eigenvalue weighted by Crippen LogP contribution is -1.90. The van der Waals surface area contributed by atoms with Gasteiger partial charge in [0, 0.05) is 4.90 Å². The maximum absolute atomic E-state index is 13.6. The molecule has 0 aliphatic heterocycles. The maximum atomic E-state index is 13.6. The Labute approximate surface area is 106 Å². The van der Waals surface area contributed by atoms with Crippen LogP contribution in [0.3, 0.4) is 0 Å². The zero-order valence-corrected chi connectivity index (χ0v) is 9.77. The molecule has 0 heterocycles. The molecular formula is C13H6F3NS. The molecule has 2 aromatic carbocycles. The summed E-state index contributed by atoms with van der Waals surface area (Å²) in [6.07, 6.45) is 0. The minimum atomic E-state index is -0.833. The molecule has 0 aliphatic carbocycles. The summed E-state index contributed by atoms with van der Waals surface area (Å²) in [6.45, 7) is 0. The first-order valence-corrected chi connectivity index (χ1v) is 5.74. The van der Waals surface area contributed by atoms with Crippen LogP contribution in [0.25, 0.3) is 0 Å². The molecule has 0 amide bonds. The van der Waals surface area contributed by atoms with Crippen molar-refractivity contribution in [3.63, 3.8) is 0 Å². The van der Waals surface area contributed by atoms with Gasteiger partial charge in [-0.15, -0.1) is 0 Å². The molecule has 0 saturated heterocycles. The molecule has 0 spiro atoms. The quantitative estimate of drug-likeness (QED) is 0.815. The normalized spacial score (nSPS) is 10.1. The van der Waals surface area contributed by atoms with E-state index in [1.807, 2.05) is 0 Å². The van der Waals surface area contributed by atoms with Gasteiger partial charge in [0.25, 0.3) is 0 Å². The molecule has 0 aromatic heterocycles. The van der Waals surface area contributed by atoms with E-state index in [0.717, 1.165) is 23.9 Å². The summed E-state index contributed by atoms with van der Waals surface area (Å²) < 4.78 is 40.1. The van der Waals surface area contributed by atoms with Gasteiger partial charge in [0.1, 0.15) is 17.5 Å². The Kier molecular flexibility index (Phi) is 3.58. The van der Waals surface area contributed by atoms with Crippen molar-refractivity contribution in [2.45, 2.75) is 9.79 Å². The molecule has 0 atom stereocenters. The Morgan fingerprint density at radius 3 is 2.22 bits per heavy atom. The number of halogens is 3. The van der Waals surface area contributed by atoms with Crippen LogP contribution in [-0.4, -0.2) is 0 Å².